The summed E-state index contributed by atoms with van der Waals surface area (Å²) in [7, 11) is 3.25. The van der Waals surface area contributed by atoms with Crippen LogP contribution in [0.3, 0.4) is 0 Å². The average molecular weight is 447 g/mol. The number of ether oxygens (including phenoxy) is 3. The number of aromatic nitrogens is 3. The van der Waals surface area contributed by atoms with Gasteiger partial charge in [0.2, 0.25) is 5.95 Å². The molecule has 0 spiro atoms. The van der Waals surface area contributed by atoms with Crippen molar-refractivity contribution in [1.29, 1.82) is 0 Å². The van der Waals surface area contributed by atoms with E-state index in [0.29, 0.717) is 36.3 Å². The molecule has 1 N–H and O–H groups in total. The van der Waals surface area contributed by atoms with Crippen molar-refractivity contribution in [2.75, 3.05) is 26.1 Å². The van der Waals surface area contributed by atoms with E-state index in [1.165, 1.54) is 0 Å². The molecule has 1 aliphatic carbocycles. The third-order valence-electron chi connectivity index (χ3n) is 6.02. The number of carbonyl (C=O) groups excluding carboxylic acids is 1. The van der Waals surface area contributed by atoms with Crippen LogP contribution in [0.1, 0.15) is 37.8 Å². The van der Waals surface area contributed by atoms with Crippen LogP contribution in [0.4, 0.5) is 5.95 Å². The first-order chi connectivity index (χ1) is 16.1. The molecule has 0 unspecified atom stereocenters. The molecule has 2 aliphatic rings. The summed E-state index contributed by atoms with van der Waals surface area (Å²) in [5, 5.41) is 8.19. The number of methoxy groups -OCH3 is 2. The summed E-state index contributed by atoms with van der Waals surface area (Å²) < 4.78 is 18.3. The Morgan fingerprint density at radius 3 is 2.61 bits per heavy atom. The third kappa shape index (κ3) is 3.71. The van der Waals surface area contributed by atoms with E-state index in [4.69, 9.17) is 24.3 Å². The van der Waals surface area contributed by atoms with Crippen molar-refractivity contribution in [3.05, 3.63) is 59.3 Å². The van der Waals surface area contributed by atoms with E-state index < -0.39 is 6.04 Å². The molecule has 3 aromatic rings. The van der Waals surface area contributed by atoms with Crippen LogP contribution in [0, 0.1) is 0 Å². The van der Waals surface area contributed by atoms with Gasteiger partial charge in [0.1, 0.15) is 11.8 Å². The second kappa shape index (κ2) is 8.61. The van der Waals surface area contributed by atoms with E-state index in [-0.39, 0.29) is 5.78 Å². The first-order valence-electron chi connectivity index (χ1n) is 11.1. The lowest BCUT2D eigenvalue weighted by Gasteiger charge is -2.32. The minimum atomic E-state index is -0.395. The smallest absolute Gasteiger partial charge is 0.226 e. The Kier molecular flexibility index (Phi) is 5.50. The molecule has 2 heterocycles. The zero-order valence-corrected chi connectivity index (χ0v) is 18.9. The maximum Gasteiger partial charge on any atom is 0.226 e. The van der Waals surface area contributed by atoms with Gasteiger partial charge >= 0.3 is 0 Å². The van der Waals surface area contributed by atoms with Crippen LogP contribution >= 0.6 is 0 Å². The molecule has 5 rings (SSSR count). The highest BCUT2D eigenvalue weighted by atomic mass is 16.5. The van der Waals surface area contributed by atoms with E-state index in [9.17, 15) is 4.79 Å². The number of nitrogens with one attached hydrogen (secondary N) is 1. The zero-order valence-electron chi connectivity index (χ0n) is 18.9. The van der Waals surface area contributed by atoms with Gasteiger partial charge in [-0.1, -0.05) is 6.07 Å². The fourth-order valence-electron chi connectivity index (χ4n) is 4.46. The number of carbonyl (C=O) groups is 1. The van der Waals surface area contributed by atoms with Crippen LogP contribution in [0.2, 0.25) is 0 Å². The second-order valence-corrected chi connectivity index (χ2v) is 7.97. The number of nitrogens with zero attached hydrogens (tertiary/aromatic N) is 3. The highest BCUT2D eigenvalue weighted by Crippen LogP contribution is 2.42. The SMILES string of the molecule is CCOc1ccc([C@H]2C3=C(CCCC3=O)Nc3nc(-c4ccc(OC)cc4)nn32)cc1OC. The minimum absolute atomic E-state index is 0.133. The first kappa shape index (κ1) is 21.1. The van der Waals surface area contributed by atoms with E-state index in [1.807, 2.05) is 49.4 Å². The molecule has 0 fully saturated rings. The molecule has 8 nitrogen and oxygen atoms in total. The second-order valence-electron chi connectivity index (χ2n) is 7.97. The maximum atomic E-state index is 13.1. The molecule has 0 saturated carbocycles. The number of hydrogen-bond acceptors (Lipinski definition) is 7. The lowest BCUT2D eigenvalue weighted by molar-refractivity contribution is -0.116. The fourth-order valence-corrected chi connectivity index (χ4v) is 4.46. The zero-order chi connectivity index (χ0) is 22.9. The number of fused-ring (bicyclic) bond motifs is 1. The molecule has 0 amide bonds. The van der Waals surface area contributed by atoms with Gasteiger partial charge in [-0.3, -0.25) is 4.79 Å². The Bertz CT molecular complexity index is 1230. The van der Waals surface area contributed by atoms with Gasteiger partial charge in [-0.15, -0.1) is 5.10 Å². The van der Waals surface area contributed by atoms with Crippen molar-refractivity contribution in [3.63, 3.8) is 0 Å². The van der Waals surface area contributed by atoms with Crippen molar-refractivity contribution >= 4 is 11.7 Å². The molecular weight excluding hydrogens is 420 g/mol. The number of anilines is 1. The Balaban J connectivity index is 1.63. The predicted molar refractivity (Wildman–Crippen MR) is 124 cm³/mol. The maximum absolute atomic E-state index is 13.1. The molecule has 0 radical (unpaired) electrons. The van der Waals surface area contributed by atoms with Gasteiger partial charge in [0, 0.05) is 23.3 Å². The van der Waals surface area contributed by atoms with Gasteiger partial charge in [-0.05, 0) is 61.7 Å². The van der Waals surface area contributed by atoms with Crippen molar-refractivity contribution in [2.24, 2.45) is 0 Å². The largest absolute Gasteiger partial charge is 0.497 e. The van der Waals surface area contributed by atoms with Crippen LogP contribution in [-0.4, -0.2) is 41.4 Å². The Morgan fingerprint density at radius 1 is 1.06 bits per heavy atom. The van der Waals surface area contributed by atoms with E-state index in [1.54, 1.807) is 18.9 Å². The van der Waals surface area contributed by atoms with E-state index >= 15 is 0 Å². The van der Waals surface area contributed by atoms with Gasteiger partial charge in [0.05, 0.1) is 20.8 Å². The Hall–Kier alpha value is -3.81. The lowest BCUT2D eigenvalue weighted by Crippen LogP contribution is -2.31. The molecular formula is C25H26N4O4. The summed E-state index contributed by atoms with van der Waals surface area (Å²) in [5.41, 5.74) is 3.43. The van der Waals surface area contributed by atoms with Crippen molar-refractivity contribution < 1.29 is 19.0 Å². The first-order valence-corrected chi connectivity index (χ1v) is 11.1. The van der Waals surface area contributed by atoms with Crippen LogP contribution in [0.5, 0.6) is 17.2 Å². The number of benzene rings is 2. The van der Waals surface area contributed by atoms with Crippen LogP contribution < -0.4 is 19.5 Å². The van der Waals surface area contributed by atoms with Crippen molar-refractivity contribution in [2.45, 2.75) is 32.2 Å². The molecule has 0 bridgehead atoms. The van der Waals surface area contributed by atoms with Gasteiger partial charge in [-0.25, -0.2) is 4.68 Å². The molecule has 1 aromatic heterocycles. The Labute approximate surface area is 192 Å². The summed E-state index contributed by atoms with van der Waals surface area (Å²) in [6.07, 6.45) is 2.15. The van der Waals surface area contributed by atoms with Gasteiger partial charge in [0.15, 0.2) is 23.1 Å². The average Bonchev–Trinajstić information content (AvgIpc) is 3.27. The minimum Gasteiger partial charge on any atom is -0.497 e. The highest BCUT2D eigenvalue weighted by molar-refractivity contribution is 5.99. The van der Waals surface area contributed by atoms with Crippen molar-refractivity contribution in [1.82, 2.24) is 14.8 Å². The number of allylic oxidation sites excluding steroid dienone is 2. The van der Waals surface area contributed by atoms with Crippen molar-refractivity contribution in [3.8, 4) is 28.6 Å². The molecule has 1 atom stereocenters. The summed E-state index contributed by atoms with van der Waals surface area (Å²) in [5.74, 6) is 3.38. The monoisotopic (exact) mass is 446 g/mol. The standard InChI is InChI=1S/C25H26N4O4/c1-4-33-20-13-10-16(14-21(20)32-3)23-22-18(6-5-7-19(22)30)26-25-27-24(28-29(23)25)15-8-11-17(31-2)12-9-15/h8-14,23H,4-7H2,1-3H3,(H,26,27,28)/t23-/m0/s1. The normalized spacial score (nSPS) is 17.2. The molecule has 0 saturated heterocycles. The summed E-state index contributed by atoms with van der Waals surface area (Å²) >= 11 is 0. The Morgan fingerprint density at radius 2 is 1.88 bits per heavy atom. The quantitative estimate of drug-likeness (QED) is 0.601. The van der Waals surface area contributed by atoms with Crippen LogP contribution in [-0.2, 0) is 4.79 Å². The molecule has 1 aliphatic heterocycles. The van der Waals surface area contributed by atoms with Gasteiger partial charge < -0.3 is 19.5 Å². The topological polar surface area (TPSA) is 87.5 Å². The highest BCUT2D eigenvalue weighted by Gasteiger charge is 2.37. The summed E-state index contributed by atoms with van der Waals surface area (Å²) in [4.78, 5) is 17.8. The number of hydrogen-bond donors (Lipinski definition) is 1. The number of rotatable bonds is 6. The lowest BCUT2D eigenvalue weighted by atomic mass is 9.85. The number of ketones is 1. The predicted octanol–water partition coefficient (Wildman–Crippen LogP) is 4.38. The van der Waals surface area contributed by atoms with Crippen LogP contribution in [0.25, 0.3) is 11.4 Å². The molecule has 170 valence electrons. The van der Waals surface area contributed by atoms with E-state index in [2.05, 4.69) is 5.32 Å². The number of Topliss-reactive ketones (excluding diaryl/α,β-unsaturated/α-hetero) is 1. The fraction of sp³-hybridized carbons (Fsp3) is 0.320. The molecule has 33 heavy (non-hydrogen) atoms. The summed E-state index contributed by atoms with van der Waals surface area (Å²) in [6.45, 7) is 2.47. The summed E-state index contributed by atoms with van der Waals surface area (Å²) in [6, 6.07) is 13.0. The third-order valence-corrected chi connectivity index (χ3v) is 6.02. The molecule has 2 aromatic carbocycles. The van der Waals surface area contributed by atoms with Gasteiger partial charge in [-0.2, -0.15) is 4.98 Å². The van der Waals surface area contributed by atoms with Crippen LogP contribution in [0.15, 0.2) is 53.7 Å². The molecule has 8 heteroatoms. The van der Waals surface area contributed by atoms with E-state index in [0.717, 1.165) is 41.0 Å². The van der Waals surface area contributed by atoms with Gasteiger partial charge in [0.25, 0.3) is 0 Å².